The van der Waals surface area contributed by atoms with Gasteiger partial charge < -0.3 is 14.7 Å². The van der Waals surface area contributed by atoms with Crippen LogP contribution in [-0.2, 0) is 0 Å². The van der Waals surface area contributed by atoms with Crippen LogP contribution in [0.5, 0.6) is 0 Å². The second-order valence-corrected chi connectivity index (χ2v) is 5.42. The molecule has 5 heteroatoms. The van der Waals surface area contributed by atoms with Crippen molar-refractivity contribution in [2.75, 3.05) is 12.4 Å². The Kier molecular flexibility index (Phi) is 4.22. The molecule has 100 valence electrons. The lowest BCUT2D eigenvalue weighted by Crippen LogP contribution is -2.40. The molecular weight excluding hydrogens is 246 g/mol. The van der Waals surface area contributed by atoms with Gasteiger partial charge in [-0.15, -0.1) is 0 Å². The molecule has 0 spiro atoms. The van der Waals surface area contributed by atoms with Crippen LogP contribution in [-0.4, -0.2) is 28.3 Å². The number of nitrogens with one attached hydrogen (secondary N) is 1. The zero-order valence-corrected chi connectivity index (χ0v) is 12.1. The van der Waals surface area contributed by atoms with Crippen molar-refractivity contribution in [3.05, 3.63) is 11.5 Å². The SMILES string of the molecule is Cc1noc(C)c1NC(=S)N(C)C1CCCCC1. The Balaban J connectivity index is 1.99. The molecule has 1 aromatic rings. The van der Waals surface area contributed by atoms with Gasteiger partial charge in [-0.05, 0) is 38.9 Å². The predicted molar refractivity (Wildman–Crippen MR) is 76.8 cm³/mol. The molecule has 0 radical (unpaired) electrons. The largest absolute Gasteiger partial charge is 0.359 e. The number of thiocarbonyl (C=S) groups is 1. The van der Waals surface area contributed by atoms with E-state index >= 15 is 0 Å². The lowest BCUT2D eigenvalue weighted by molar-refractivity contribution is 0.281. The van der Waals surface area contributed by atoms with Gasteiger partial charge in [0.05, 0.1) is 0 Å². The van der Waals surface area contributed by atoms with Crippen molar-refractivity contribution in [3.63, 3.8) is 0 Å². The van der Waals surface area contributed by atoms with E-state index in [2.05, 4.69) is 22.4 Å². The first-order chi connectivity index (χ1) is 8.59. The Morgan fingerprint density at radius 1 is 1.33 bits per heavy atom. The number of anilines is 1. The second kappa shape index (κ2) is 5.69. The van der Waals surface area contributed by atoms with E-state index in [-0.39, 0.29) is 0 Å². The first-order valence-electron chi connectivity index (χ1n) is 6.56. The maximum Gasteiger partial charge on any atom is 0.173 e. The highest BCUT2D eigenvalue weighted by atomic mass is 32.1. The molecule has 1 heterocycles. The fourth-order valence-electron chi connectivity index (χ4n) is 2.49. The van der Waals surface area contributed by atoms with E-state index < -0.39 is 0 Å². The van der Waals surface area contributed by atoms with Crippen LogP contribution in [0.2, 0.25) is 0 Å². The fourth-order valence-corrected chi connectivity index (χ4v) is 2.74. The summed E-state index contributed by atoms with van der Waals surface area (Å²) in [7, 11) is 2.07. The molecule has 0 atom stereocenters. The van der Waals surface area contributed by atoms with Gasteiger partial charge in [-0.25, -0.2) is 0 Å². The van der Waals surface area contributed by atoms with Crippen LogP contribution in [0, 0.1) is 13.8 Å². The molecule has 0 amide bonds. The van der Waals surface area contributed by atoms with Crippen LogP contribution in [0.4, 0.5) is 5.69 Å². The van der Waals surface area contributed by atoms with Gasteiger partial charge in [0.15, 0.2) is 10.9 Å². The summed E-state index contributed by atoms with van der Waals surface area (Å²) in [5.41, 5.74) is 1.76. The minimum absolute atomic E-state index is 0.569. The maximum absolute atomic E-state index is 5.47. The third kappa shape index (κ3) is 2.83. The summed E-state index contributed by atoms with van der Waals surface area (Å²) in [4.78, 5) is 2.18. The number of rotatable bonds is 2. The average Bonchev–Trinajstić information content (AvgIpc) is 2.70. The Morgan fingerprint density at radius 2 is 2.00 bits per heavy atom. The Morgan fingerprint density at radius 3 is 2.56 bits per heavy atom. The molecule has 0 saturated heterocycles. The summed E-state index contributed by atoms with van der Waals surface area (Å²) >= 11 is 5.47. The van der Waals surface area contributed by atoms with Crippen LogP contribution in [0.15, 0.2) is 4.52 Å². The molecule has 18 heavy (non-hydrogen) atoms. The molecule has 0 bridgehead atoms. The highest BCUT2D eigenvalue weighted by Gasteiger charge is 2.21. The topological polar surface area (TPSA) is 41.3 Å². The molecule has 0 aromatic carbocycles. The molecule has 1 N–H and O–H groups in total. The number of hydrogen-bond donors (Lipinski definition) is 1. The minimum atomic E-state index is 0.569. The Labute approximate surface area is 114 Å². The minimum Gasteiger partial charge on any atom is -0.359 e. The van der Waals surface area contributed by atoms with Crippen molar-refractivity contribution in [1.82, 2.24) is 10.1 Å². The zero-order chi connectivity index (χ0) is 13.1. The van der Waals surface area contributed by atoms with Crippen molar-refractivity contribution in [3.8, 4) is 0 Å². The van der Waals surface area contributed by atoms with Gasteiger partial charge in [-0.1, -0.05) is 24.4 Å². The van der Waals surface area contributed by atoms with Gasteiger partial charge in [-0.3, -0.25) is 0 Å². The van der Waals surface area contributed by atoms with Gasteiger partial charge in [0.25, 0.3) is 0 Å². The van der Waals surface area contributed by atoms with Crippen molar-refractivity contribution in [2.24, 2.45) is 0 Å². The normalized spacial score (nSPS) is 16.6. The predicted octanol–water partition coefficient (Wildman–Crippen LogP) is 3.25. The number of aryl methyl sites for hydroxylation is 2. The molecule has 0 aliphatic heterocycles. The van der Waals surface area contributed by atoms with Crippen LogP contribution in [0.3, 0.4) is 0 Å². The quantitative estimate of drug-likeness (QED) is 0.833. The highest BCUT2D eigenvalue weighted by molar-refractivity contribution is 7.80. The van der Waals surface area contributed by atoms with Crippen LogP contribution >= 0.6 is 12.2 Å². The zero-order valence-electron chi connectivity index (χ0n) is 11.3. The molecule has 1 aliphatic rings. The van der Waals surface area contributed by atoms with Gasteiger partial charge >= 0.3 is 0 Å². The summed E-state index contributed by atoms with van der Waals surface area (Å²) in [5, 5.41) is 7.94. The molecule has 1 aromatic heterocycles. The van der Waals surface area contributed by atoms with E-state index in [1.165, 1.54) is 32.1 Å². The first-order valence-corrected chi connectivity index (χ1v) is 6.97. The Hall–Kier alpha value is -1.10. The summed E-state index contributed by atoms with van der Waals surface area (Å²) in [6.07, 6.45) is 6.44. The number of nitrogens with zero attached hydrogens (tertiary/aromatic N) is 2. The van der Waals surface area contributed by atoms with Crippen LogP contribution < -0.4 is 5.32 Å². The van der Waals surface area contributed by atoms with E-state index in [1.807, 2.05) is 13.8 Å². The monoisotopic (exact) mass is 267 g/mol. The first kappa shape index (κ1) is 13.3. The lowest BCUT2D eigenvalue weighted by Gasteiger charge is -2.33. The molecule has 4 nitrogen and oxygen atoms in total. The summed E-state index contributed by atoms with van der Waals surface area (Å²) in [6.45, 7) is 3.81. The molecular formula is C13H21N3OS. The van der Waals surface area contributed by atoms with E-state index in [4.69, 9.17) is 16.7 Å². The summed E-state index contributed by atoms with van der Waals surface area (Å²) in [5.74, 6) is 0.784. The average molecular weight is 267 g/mol. The molecule has 1 aliphatic carbocycles. The Bertz CT molecular complexity index is 404. The van der Waals surface area contributed by atoms with Gasteiger partial charge in [-0.2, -0.15) is 0 Å². The summed E-state index contributed by atoms with van der Waals surface area (Å²) in [6, 6.07) is 0.569. The summed E-state index contributed by atoms with van der Waals surface area (Å²) < 4.78 is 5.13. The van der Waals surface area contributed by atoms with Crippen molar-refractivity contribution in [1.29, 1.82) is 0 Å². The van der Waals surface area contributed by atoms with E-state index in [0.29, 0.717) is 6.04 Å². The maximum atomic E-state index is 5.47. The fraction of sp³-hybridized carbons (Fsp3) is 0.692. The lowest BCUT2D eigenvalue weighted by atomic mass is 9.95. The van der Waals surface area contributed by atoms with Crippen LogP contribution in [0.25, 0.3) is 0 Å². The van der Waals surface area contributed by atoms with E-state index in [1.54, 1.807) is 0 Å². The van der Waals surface area contributed by atoms with E-state index in [0.717, 1.165) is 22.3 Å². The standard InChI is InChI=1S/C13H21N3OS/c1-9-12(10(2)17-15-9)14-13(18)16(3)11-7-5-4-6-8-11/h11H,4-8H2,1-3H3,(H,14,18). The highest BCUT2D eigenvalue weighted by Crippen LogP contribution is 2.24. The second-order valence-electron chi connectivity index (χ2n) is 5.03. The van der Waals surface area contributed by atoms with Crippen molar-refractivity contribution < 1.29 is 4.52 Å². The van der Waals surface area contributed by atoms with Gasteiger partial charge in [0.2, 0.25) is 0 Å². The van der Waals surface area contributed by atoms with E-state index in [9.17, 15) is 0 Å². The molecule has 2 rings (SSSR count). The smallest absolute Gasteiger partial charge is 0.173 e. The van der Waals surface area contributed by atoms with Gasteiger partial charge in [0.1, 0.15) is 11.4 Å². The number of hydrogen-bond acceptors (Lipinski definition) is 3. The van der Waals surface area contributed by atoms with Gasteiger partial charge in [0, 0.05) is 13.1 Å². The number of aromatic nitrogens is 1. The molecule has 0 unspecified atom stereocenters. The molecule has 1 fully saturated rings. The van der Waals surface area contributed by atoms with Crippen LogP contribution in [0.1, 0.15) is 43.6 Å². The van der Waals surface area contributed by atoms with Crippen molar-refractivity contribution in [2.45, 2.75) is 52.0 Å². The third-order valence-corrected chi connectivity index (χ3v) is 4.10. The third-order valence-electron chi connectivity index (χ3n) is 3.71. The molecule has 1 saturated carbocycles. The van der Waals surface area contributed by atoms with Crippen molar-refractivity contribution >= 4 is 23.0 Å².